The van der Waals surface area contributed by atoms with Gasteiger partial charge in [0, 0.05) is 25.2 Å². The summed E-state index contributed by atoms with van der Waals surface area (Å²) in [5.41, 5.74) is 0.821. The number of likely N-dealkylation sites (tertiary alicyclic amines) is 1. The molecule has 2 unspecified atom stereocenters. The standard InChI is InChI=1S/C21H30N4O3/c1-15-11-16(2)14-25(13-15)10-4-9-22-19(26)12-20-23-21(24-28-20)17-5-7-18(27-3)8-6-17/h5-8,15-16H,4,9-14H2,1-3H3,(H,22,26). The normalized spacial score (nSPS) is 20.1. The molecule has 0 spiro atoms. The average molecular weight is 386 g/mol. The highest BCUT2D eigenvalue weighted by atomic mass is 16.5. The molecule has 152 valence electrons. The zero-order valence-electron chi connectivity index (χ0n) is 17.0. The van der Waals surface area contributed by atoms with Gasteiger partial charge in [-0.2, -0.15) is 4.98 Å². The van der Waals surface area contributed by atoms with Gasteiger partial charge in [-0.25, -0.2) is 0 Å². The van der Waals surface area contributed by atoms with Crippen molar-refractivity contribution >= 4 is 5.91 Å². The lowest BCUT2D eigenvalue weighted by Gasteiger charge is -2.34. The summed E-state index contributed by atoms with van der Waals surface area (Å²) in [6.45, 7) is 8.64. The third kappa shape index (κ3) is 5.79. The van der Waals surface area contributed by atoms with Gasteiger partial charge in [0.05, 0.1) is 7.11 Å². The summed E-state index contributed by atoms with van der Waals surface area (Å²) in [5.74, 6) is 2.98. The zero-order valence-corrected chi connectivity index (χ0v) is 17.0. The fraction of sp³-hybridized carbons (Fsp3) is 0.571. The third-order valence-electron chi connectivity index (χ3n) is 5.05. The number of aromatic nitrogens is 2. The van der Waals surface area contributed by atoms with E-state index in [0.29, 0.717) is 18.3 Å². The van der Waals surface area contributed by atoms with E-state index in [4.69, 9.17) is 9.26 Å². The van der Waals surface area contributed by atoms with Crippen molar-refractivity contribution in [1.82, 2.24) is 20.4 Å². The molecule has 0 bridgehead atoms. The number of ether oxygens (including phenoxy) is 1. The number of rotatable bonds is 8. The summed E-state index contributed by atoms with van der Waals surface area (Å²) in [6, 6.07) is 7.38. The van der Waals surface area contributed by atoms with Crippen molar-refractivity contribution < 1.29 is 14.1 Å². The van der Waals surface area contributed by atoms with Gasteiger partial charge < -0.3 is 19.5 Å². The Balaban J connectivity index is 1.39. The minimum absolute atomic E-state index is 0.0923. The molecule has 3 rings (SSSR count). The van der Waals surface area contributed by atoms with Gasteiger partial charge in [-0.1, -0.05) is 19.0 Å². The van der Waals surface area contributed by atoms with E-state index < -0.39 is 0 Å². The molecule has 1 aliphatic heterocycles. The SMILES string of the molecule is COc1ccc(-c2noc(CC(=O)NCCCN3CC(C)CC(C)C3)n2)cc1. The molecule has 2 aromatic rings. The van der Waals surface area contributed by atoms with Crippen molar-refractivity contribution in [2.75, 3.05) is 33.3 Å². The fourth-order valence-corrected chi connectivity index (χ4v) is 3.89. The molecular weight excluding hydrogens is 356 g/mol. The molecule has 2 atom stereocenters. The number of carbonyl (C=O) groups is 1. The van der Waals surface area contributed by atoms with E-state index in [-0.39, 0.29) is 12.3 Å². The van der Waals surface area contributed by atoms with E-state index in [1.807, 2.05) is 24.3 Å². The van der Waals surface area contributed by atoms with Gasteiger partial charge in [-0.15, -0.1) is 0 Å². The molecule has 7 heteroatoms. The second-order valence-corrected chi connectivity index (χ2v) is 7.83. The molecule has 1 amide bonds. The minimum atomic E-state index is -0.0923. The topological polar surface area (TPSA) is 80.5 Å². The third-order valence-corrected chi connectivity index (χ3v) is 5.05. The van der Waals surface area contributed by atoms with E-state index in [9.17, 15) is 4.79 Å². The number of nitrogens with one attached hydrogen (secondary N) is 1. The molecule has 0 aliphatic carbocycles. The summed E-state index contributed by atoms with van der Waals surface area (Å²) >= 11 is 0. The van der Waals surface area contributed by atoms with Crippen LogP contribution in [0.4, 0.5) is 0 Å². The molecule has 7 nitrogen and oxygen atoms in total. The van der Waals surface area contributed by atoms with Gasteiger partial charge in [0.15, 0.2) is 0 Å². The molecule has 1 aromatic heterocycles. The van der Waals surface area contributed by atoms with Crippen LogP contribution in [0.1, 0.15) is 32.6 Å². The van der Waals surface area contributed by atoms with Crippen LogP contribution in [0.5, 0.6) is 5.75 Å². The lowest BCUT2D eigenvalue weighted by Crippen LogP contribution is -2.40. The Hall–Kier alpha value is -2.41. The van der Waals surface area contributed by atoms with Crippen molar-refractivity contribution in [3.8, 4) is 17.1 Å². The van der Waals surface area contributed by atoms with E-state index in [2.05, 4.69) is 34.2 Å². The van der Waals surface area contributed by atoms with Crippen molar-refractivity contribution in [1.29, 1.82) is 0 Å². The maximum atomic E-state index is 12.1. The first-order chi connectivity index (χ1) is 13.5. The molecule has 1 aliphatic rings. The van der Waals surface area contributed by atoms with E-state index in [1.165, 1.54) is 6.42 Å². The average Bonchev–Trinajstić information content (AvgIpc) is 3.13. The molecule has 0 radical (unpaired) electrons. The predicted molar refractivity (Wildman–Crippen MR) is 107 cm³/mol. The summed E-state index contributed by atoms with van der Waals surface area (Å²) < 4.78 is 10.3. The maximum Gasteiger partial charge on any atom is 0.236 e. The number of hydrogen-bond donors (Lipinski definition) is 1. The van der Waals surface area contributed by atoms with E-state index >= 15 is 0 Å². The summed E-state index contributed by atoms with van der Waals surface area (Å²) in [7, 11) is 1.62. The van der Waals surface area contributed by atoms with Crippen molar-refractivity contribution in [3.05, 3.63) is 30.2 Å². The molecule has 1 saturated heterocycles. The highest BCUT2D eigenvalue weighted by Crippen LogP contribution is 2.21. The number of piperidine rings is 1. The molecule has 1 N–H and O–H groups in total. The van der Waals surface area contributed by atoms with Gasteiger partial charge in [0.1, 0.15) is 12.2 Å². The van der Waals surface area contributed by atoms with E-state index in [0.717, 1.165) is 49.2 Å². The number of amides is 1. The quantitative estimate of drug-likeness (QED) is 0.703. The van der Waals surface area contributed by atoms with Gasteiger partial charge in [0.2, 0.25) is 17.6 Å². The molecule has 0 saturated carbocycles. The van der Waals surface area contributed by atoms with Crippen molar-refractivity contribution in [2.45, 2.75) is 33.1 Å². The summed E-state index contributed by atoms with van der Waals surface area (Å²) in [5, 5.41) is 6.90. The highest BCUT2D eigenvalue weighted by Gasteiger charge is 2.21. The second kappa shape index (κ2) is 9.68. The lowest BCUT2D eigenvalue weighted by molar-refractivity contribution is -0.120. The van der Waals surface area contributed by atoms with E-state index in [1.54, 1.807) is 7.11 Å². The number of carbonyl (C=O) groups excluding carboxylic acids is 1. The lowest BCUT2D eigenvalue weighted by atomic mass is 9.92. The van der Waals surface area contributed by atoms with Crippen molar-refractivity contribution in [2.24, 2.45) is 11.8 Å². The van der Waals surface area contributed by atoms with Gasteiger partial charge in [-0.05, 0) is 55.5 Å². The molecule has 28 heavy (non-hydrogen) atoms. The van der Waals surface area contributed by atoms with Crippen LogP contribution in [-0.4, -0.2) is 54.2 Å². The van der Waals surface area contributed by atoms with Crippen LogP contribution in [0.3, 0.4) is 0 Å². The maximum absolute atomic E-state index is 12.1. The van der Waals surface area contributed by atoms with Gasteiger partial charge >= 0.3 is 0 Å². The Bertz CT molecular complexity index is 749. The highest BCUT2D eigenvalue weighted by molar-refractivity contribution is 5.77. The van der Waals surface area contributed by atoms with Gasteiger partial charge in [0.25, 0.3) is 0 Å². The monoisotopic (exact) mass is 386 g/mol. The Morgan fingerprint density at radius 3 is 2.64 bits per heavy atom. The van der Waals surface area contributed by atoms with Crippen LogP contribution in [0.2, 0.25) is 0 Å². The molecular formula is C21H30N4O3. The Morgan fingerprint density at radius 1 is 1.25 bits per heavy atom. The molecule has 2 heterocycles. The largest absolute Gasteiger partial charge is 0.497 e. The van der Waals surface area contributed by atoms with Crippen molar-refractivity contribution in [3.63, 3.8) is 0 Å². The van der Waals surface area contributed by atoms with Gasteiger partial charge in [-0.3, -0.25) is 4.79 Å². The number of benzene rings is 1. The number of nitrogens with zero attached hydrogens (tertiary/aromatic N) is 3. The first kappa shape index (κ1) is 20.3. The smallest absolute Gasteiger partial charge is 0.236 e. The van der Waals surface area contributed by atoms with Crippen LogP contribution in [0.15, 0.2) is 28.8 Å². The minimum Gasteiger partial charge on any atom is -0.497 e. The molecule has 1 aromatic carbocycles. The van der Waals surface area contributed by atoms with Crippen LogP contribution in [0.25, 0.3) is 11.4 Å². The van der Waals surface area contributed by atoms with Crippen LogP contribution >= 0.6 is 0 Å². The molecule has 1 fully saturated rings. The zero-order chi connectivity index (χ0) is 19.9. The number of methoxy groups -OCH3 is 1. The summed E-state index contributed by atoms with van der Waals surface area (Å²) in [4.78, 5) is 18.9. The Labute approximate surface area is 166 Å². The second-order valence-electron chi connectivity index (χ2n) is 7.83. The first-order valence-electron chi connectivity index (χ1n) is 9.99. The van der Waals surface area contributed by atoms with Crippen LogP contribution in [-0.2, 0) is 11.2 Å². The fourth-order valence-electron chi connectivity index (χ4n) is 3.89. The Kier molecular flexibility index (Phi) is 7.03. The Morgan fingerprint density at radius 2 is 1.96 bits per heavy atom. The van der Waals surface area contributed by atoms with Crippen LogP contribution < -0.4 is 10.1 Å². The first-order valence-corrected chi connectivity index (χ1v) is 9.99. The summed E-state index contributed by atoms with van der Waals surface area (Å²) in [6.07, 6.45) is 2.36. The number of hydrogen-bond acceptors (Lipinski definition) is 6. The predicted octanol–water partition coefficient (Wildman–Crippen LogP) is 2.77. The van der Waals surface area contributed by atoms with Crippen LogP contribution in [0, 0.1) is 11.8 Å².